The molecule has 10 heterocycles. The number of carbonyl (C=O) groups is 2. The molecule has 454 valence electrons. The van der Waals surface area contributed by atoms with Crippen LogP contribution in [-0.4, -0.2) is 90.7 Å². The summed E-state index contributed by atoms with van der Waals surface area (Å²) >= 11 is 0. The largest absolute Gasteiger partial charge is 0.357 e. The third-order valence-electron chi connectivity index (χ3n) is 17.0. The van der Waals surface area contributed by atoms with Crippen LogP contribution in [0.15, 0.2) is 159 Å². The molecule has 19 nitrogen and oxygen atoms in total. The van der Waals surface area contributed by atoms with Crippen LogP contribution in [0.5, 0.6) is 0 Å². The molecular weight excluding hydrogens is 1110 g/mol. The molecule has 0 radical (unpaired) electrons. The highest BCUT2D eigenvalue weighted by molar-refractivity contribution is 5.98. The van der Waals surface area contributed by atoms with Gasteiger partial charge in [0.05, 0.1) is 41.9 Å². The van der Waals surface area contributed by atoms with Crippen LogP contribution in [0.1, 0.15) is 114 Å². The van der Waals surface area contributed by atoms with Gasteiger partial charge in [-0.15, -0.1) is 5.10 Å². The molecule has 0 atom stereocenters. The number of nitrogens with one attached hydrogen (secondary N) is 10. The molecule has 0 bridgehead atoms. The van der Waals surface area contributed by atoms with Crippen molar-refractivity contribution in [3.8, 4) is 11.3 Å². The summed E-state index contributed by atoms with van der Waals surface area (Å²) in [5, 5.41) is 30.8. The summed E-state index contributed by atoms with van der Waals surface area (Å²) in [6.07, 6.45) is 22.7. The van der Waals surface area contributed by atoms with Crippen LogP contribution in [0.3, 0.4) is 0 Å². The fourth-order valence-corrected chi connectivity index (χ4v) is 11.6. The van der Waals surface area contributed by atoms with E-state index >= 15 is 0 Å². The van der Waals surface area contributed by atoms with Gasteiger partial charge in [-0.2, -0.15) is 0 Å². The van der Waals surface area contributed by atoms with Crippen molar-refractivity contribution in [2.24, 2.45) is 17.3 Å². The number of carbonyl (C=O) groups excluding carboxylic acids is 2. The summed E-state index contributed by atoms with van der Waals surface area (Å²) in [6.45, 7) is 14.1. The molecule has 2 aliphatic carbocycles. The van der Waals surface area contributed by atoms with Gasteiger partial charge in [-0.05, 0) is 162 Å². The van der Waals surface area contributed by atoms with Crippen molar-refractivity contribution in [1.82, 2.24) is 85.9 Å². The summed E-state index contributed by atoms with van der Waals surface area (Å²) in [7, 11) is 0. The third kappa shape index (κ3) is 14.5. The van der Waals surface area contributed by atoms with E-state index < -0.39 is 0 Å². The van der Waals surface area contributed by atoms with Gasteiger partial charge in [0.1, 0.15) is 17.0 Å². The van der Waals surface area contributed by atoms with Gasteiger partial charge >= 0.3 is 0 Å². The molecule has 2 saturated carbocycles. The number of rotatable bonds is 20. The molecule has 15 rings (SSSR count). The molecule has 19 heteroatoms. The van der Waals surface area contributed by atoms with Crippen molar-refractivity contribution in [2.45, 2.75) is 98.6 Å². The quantitative estimate of drug-likeness (QED) is 0.0346. The lowest BCUT2D eigenvalue weighted by Gasteiger charge is -2.25. The molecule has 3 aromatic carbocycles. The Morgan fingerprint density at radius 3 is 1.61 bits per heavy atom. The third-order valence-corrected chi connectivity index (χ3v) is 17.0. The Morgan fingerprint density at radius 2 is 1.09 bits per heavy atom. The summed E-state index contributed by atoms with van der Waals surface area (Å²) in [5.41, 5.74) is 16.2. The SMILES string of the molecule is CC(C)(C)CNCc1cc2ccc(CNC(=O)c3cnc4[nH]ccc4c3)cc2[nH]1.O=C(NCc1ccc2cc(CNCC3CCC3)[nH]c2c1)c1cnc2[nH]ccc2c1.c1cc(-c2cn(Cc3ccc4cc(CNCC5CCC5)[nH]c4c3)nn2)c2cncn2c1. The number of imidazole rings is 1. The lowest BCUT2D eigenvalue weighted by molar-refractivity contribution is 0.0942. The van der Waals surface area contributed by atoms with Crippen LogP contribution in [0.25, 0.3) is 71.5 Å². The second kappa shape index (κ2) is 26.3. The standard InChI is InChI=1S/C24H25N7.C23H25N5O.C23H27N5O/c1-3-17(4-1)11-25-12-20-10-19-7-6-18(9-22(19)27-20)14-31-15-23(28-29-31)21-5-2-8-30-16-26-13-24(21)30;29-23(19-9-18-6-7-25-22(18)26-13-19)27-12-16-4-5-17-10-20(28-21(17)8-16)14-24-11-15-2-1-3-15;1-23(2,3)14-24-13-19-10-16-5-4-15(8-20(16)28-19)11-27-22(29)18-9-17-6-7-25-21(17)26-12-18/h2,5-10,13,15-17,25,27H,1,3-4,11-12,14H2;4-10,13,15,24,28H,1-3,11-12,14H2,(H,25,26)(H,27,29);4-10,12,24,28H,11,13-14H2,1-3H3,(H,25,26)(H,27,29). The monoisotopic (exact) mass is 1190 g/mol. The maximum Gasteiger partial charge on any atom is 0.253 e. The Hall–Kier alpha value is -9.69. The summed E-state index contributed by atoms with van der Waals surface area (Å²) < 4.78 is 3.88. The number of H-pyrrole nitrogens is 5. The predicted molar refractivity (Wildman–Crippen MR) is 352 cm³/mol. The van der Waals surface area contributed by atoms with Crippen molar-refractivity contribution in [3.63, 3.8) is 0 Å². The van der Waals surface area contributed by atoms with Gasteiger partial charge < -0.3 is 55.9 Å². The van der Waals surface area contributed by atoms with Gasteiger partial charge in [0.2, 0.25) is 0 Å². The van der Waals surface area contributed by atoms with E-state index in [4.69, 9.17) is 0 Å². The Balaban J connectivity index is 0.000000123. The van der Waals surface area contributed by atoms with Crippen LogP contribution in [0.4, 0.5) is 0 Å². The highest BCUT2D eigenvalue weighted by Crippen LogP contribution is 2.28. The molecule has 13 aromatic rings. The lowest BCUT2D eigenvalue weighted by atomic mass is 9.85. The highest BCUT2D eigenvalue weighted by atomic mass is 16.2. The normalized spacial score (nSPS) is 13.6. The number of aromatic amines is 5. The Morgan fingerprint density at radius 1 is 0.573 bits per heavy atom. The van der Waals surface area contributed by atoms with E-state index in [1.165, 1.54) is 77.2 Å². The number of pyridine rings is 3. The van der Waals surface area contributed by atoms with E-state index in [1.54, 1.807) is 18.7 Å². The maximum atomic E-state index is 12.5. The Kier molecular flexibility index (Phi) is 17.3. The number of hydrogen-bond acceptors (Lipinski definition) is 10. The van der Waals surface area contributed by atoms with Crippen molar-refractivity contribution in [2.75, 3.05) is 19.6 Å². The molecule has 2 amide bonds. The molecule has 10 N–H and O–H groups in total. The zero-order valence-corrected chi connectivity index (χ0v) is 50.7. The second-order valence-electron chi connectivity index (χ2n) is 25.2. The predicted octanol–water partition coefficient (Wildman–Crippen LogP) is 12.0. The summed E-state index contributed by atoms with van der Waals surface area (Å²) in [4.78, 5) is 54.3. The van der Waals surface area contributed by atoms with Gasteiger partial charge in [-0.25, -0.2) is 19.6 Å². The van der Waals surface area contributed by atoms with Gasteiger partial charge in [-0.3, -0.25) is 9.59 Å². The number of aromatic nitrogens is 12. The fraction of sp³-hybridized carbons (Fsp3) is 0.300. The minimum absolute atomic E-state index is 0.118. The zero-order chi connectivity index (χ0) is 60.7. The number of fused-ring (bicyclic) bond motifs is 6. The van der Waals surface area contributed by atoms with Crippen molar-refractivity contribution >= 4 is 72.1 Å². The molecule has 89 heavy (non-hydrogen) atoms. The van der Waals surface area contributed by atoms with Crippen LogP contribution in [0, 0.1) is 17.3 Å². The molecule has 0 saturated heterocycles. The fourth-order valence-electron chi connectivity index (χ4n) is 11.6. The highest BCUT2D eigenvalue weighted by Gasteiger charge is 2.19. The van der Waals surface area contributed by atoms with E-state index in [2.05, 4.69) is 176 Å². The van der Waals surface area contributed by atoms with Gasteiger partial charge in [0, 0.05) is 120 Å². The average Bonchev–Trinajstić information content (AvgIpc) is 2.78. The Bertz CT molecular complexity index is 4560. The second-order valence-corrected chi connectivity index (χ2v) is 25.2. The minimum atomic E-state index is -0.126. The van der Waals surface area contributed by atoms with Gasteiger partial charge in [-0.1, -0.05) is 75.2 Å². The van der Waals surface area contributed by atoms with Crippen LogP contribution >= 0.6 is 0 Å². The number of nitrogens with zero attached hydrogens (tertiary/aromatic N) is 7. The van der Waals surface area contributed by atoms with E-state index in [9.17, 15) is 9.59 Å². The molecule has 2 fully saturated rings. The first-order valence-corrected chi connectivity index (χ1v) is 31.1. The number of hydrogen-bond donors (Lipinski definition) is 10. The van der Waals surface area contributed by atoms with Gasteiger partial charge in [0.15, 0.2) is 0 Å². The Labute approximate surface area is 515 Å². The van der Waals surface area contributed by atoms with Crippen LogP contribution in [0.2, 0.25) is 0 Å². The molecule has 2 aliphatic rings. The minimum Gasteiger partial charge on any atom is -0.357 e. The zero-order valence-electron chi connectivity index (χ0n) is 50.7. The van der Waals surface area contributed by atoms with E-state index in [1.807, 2.05) is 70.4 Å². The van der Waals surface area contributed by atoms with Gasteiger partial charge in [0.25, 0.3) is 11.8 Å². The smallest absolute Gasteiger partial charge is 0.253 e. The van der Waals surface area contributed by atoms with E-state index in [0.29, 0.717) is 30.8 Å². The molecule has 0 unspecified atom stereocenters. The number of benzene rings is 3. The first kappa shape index (κ1) is 58.3. The van der Waals surface area contributed by atoms with E-state index in [0.717, 1.165) is 118 Å². The first-order valence-electron chi connectivity index (χ1n) is 31.1. The molecule has 0 aliphatic heterocycles. The first-order chi connectivity index (χ1) is 43.4. The van der Waals surface area contributed by atoms with Crippen LogP contribution < -0.4 is 26.6 Å². The maximum absolute atomic E-state index is 12.5. The lowest BCUT2D eigenvalue weighted by Crippen LogP contribution is -2.26. The molecule has 10 aromatic heterocycles. The number of amides is 2. The summed E-state index contributed by atoms with van der Waals surface area (Å²) in [5.74, 6) is 1.50. The van der Waals surface area contributed by atoms with Crippen molar-refractivity contribution in [3.05, 3.63) is 204 Å². The van der Waals surface area contributed by atoms with Crippen LogP contribution in [-0.2, 0) is 39.3 Å². The van der Waals surface area contributed by atoms with E-state index in [-0.39, 0.29) is 17.2 Å². The molecule has 0 spiro atoms. The van der Waals surface area contributed by atoms with Crippen molar-refractivity contribution < 1.29 is 9.59 Å². The molecular formula is C70H77N17O2. The van der Waals surface area contributed by atoms with Crippen molar-refractivity contribution in [1.29, 1.82) is 0 Å². The topological polar surface area (TPSA) is 247 Å². The average molecular weight is 1190 g/mol. The summed E-state index contributed by atoms with van der Waals surface area (Å²) in [6, 6.07) is 37.3.